The van der Waals surface area contributed by atoms with Crippen LogP contribution in [-0.2, 0) is 35.2 Å². The number of oxime groups is 1. The second-order valence-electron chi connectivity index (χ2n) is 11.1. The molecule has 4 rings (SSSR count). The molecule has 0 saturated carbocycles. The lowest BCUT2D eigenvalue weighted by Gasteiger charge is -2.21. The lowest BCUT2D eigenvalue weighted by Crippen LogP contribution is -2.42. The number of nitrogens with two attached hydrogens (primary N) is 3. The second kappa shape index (κ2) is 17.5. The van der Waals surface area contributed by atoms with Gasteiger partial charge in [0.2, 0.25) is 0 Å². The Labute approximate surface area is 286 Å². The van der Waals surface area contributed by atoms with Gasteiger partial charge in [-0.1, -0.05) is 18.1 Å². The summed E-state index contributed by atoms with van der Waals surface area (Å²) in [6.07, 6.45) is 1.58. The molecule has 2 aromatic carbocycles. The molecule has 2 aromatic heterocycles. The molecular weight excluding hydrogens is 650 g/mol. The van der Waals surface area contributed by atoms with Crippen LogP contribution in [0.3, 0.4) is 0 Å². The Morgan fingerprint density at radius 2 is 1.78 bits per heavy atom. The van der Waals surface area contributed by atoms with Crippen LogP contribution in [0.25, 0.3) is 11.0 Å². The van der Waals surface area contributed by atoms with E-state index in [9.17, 15) is 19.2 Å². The van der Waals surface area contributed by atoms with E-state index in [1.807, 2.05) is 0 Å². The van der Waals surface area contributed by atoms with Crippen molar-refractivity contribution in [3.63, 3.8) is 0 Å². The molecule has 0 fully saturated rings. The number of aromatic amines is 1. The lowest BCUT2D eigenvalue weighted by molar-refractivity contribution is -0.152. The number of anilines is 2. The average molecular weight is 690 g/mol. The van der Waals surface area contributed by atoms with Crippen LogP contribution in [0.4, 0.5) is 11.5 Å². The van der Waals surface area contributed by atoms with E-state index in [1.54, 1.807) is 73.8 Å². The minimum atomic E-state index is -1.18. The Morgan fingerprint density at radius 3 is 2.46 bits per heavy atom. The fourth-order valence-corrected chi connectivity index (χ4v) is 4.46. The van der Waals surface area contributed by atoms with Gasteiger partial charge in [-0.2, -0.15) is 0 Å². The van der Waals surface area contributed by atoms with Crippen molar-refractivity contribution < 1.29 is 38.6 Å². The zero-order valence-corrected chi connectivity index (χ0v) is 27.4. The van der Waals surface area contributed by atoms with Crippen LogP contribution in [0.15, 0.2) is 72.0 Å². The van der Waals surface area contributed by atoms with Gasteiger partial charge in [0.1, 0.15) is 23.7 Å². The van der Waals surface area contributed by atoms with Crippen molar-refractivity contribution in [3.05, 3.63) is 83.8 Å². The van der Waals surface area contributed by atoms with Crippen molar-refractivity contribution in [2.75, 3.05) is 37.1 Å². The molecule has 3 atom stereocenters. The maximum atomic E-state index is 13.5. The molecule has 0 aliphatic rings. The number of hydrogen-bond donors (Lipinski definition) is 6. The Kier molecular flexibility index (Phi) is 12.9. The van der Waals surface area contributed by atoms with Gasteiger partial charge in [0, 0.05) is 35.5 Å². The zero-order chi connectivity index (χ0) is 36.2. The Morgan fingerprint density at radius 1 is 1.04 bits per heavy atom. The highest BCUT2D eigenvalue weighted by Crippen LogP contribution is 2.20. The van der Waals surface area contributed by atoms with E-state index in [1.165, 1.54) is 12.0 Å². The zero-order valence-electron chi connectivity index (χ0n) is 27.4. The first-order valence-corrected chi connectivity index (χ1v) is 15.5. The van der Waals surface area contributed by atoms with E-state index in [0.29, 0.717) is 40.3 Å². The quantitative estimate of drug-likeness (QED) is 0.0312. The summed E-state index contributed by atoms with van der Waals surface area (Å²) in [5, 5.41) is 15.8. The smallest absolute Gasteiger partial charge is 0.352 e. The number of amidine groups is 1. The molecule has 0 saturated heterocycles. The fourth-order valence-electron chi connectivity index (χ4n) is 4.46. The van der Waals surface area contributed by atoms with Crippen LogP contribution in [0.1, 0.15) is 35.1 Å². The van der Waals surface area contributed by atoms with E-state index in [-0.39, 0.29) is 31.3 Å². The normalized spacial score (nSPS) is 13.2. The van der Waals surface area contributed by atoms with Crippen LogP contribution >= 0.6 is 0 Å². The van der Waals surface area contributed by atoms with Crippen LogP contribution in [0.5, 0.6) is 0 Å². The number of nitrogens with one attached hydrogen (secondary N) is 2. The van der Waals surface area contributed by atoms with Crippen molar-refractivity contribution in [1.82, 2.24) is 15.0 Å². The van der Waals surface area contributed by atoms with Crippen LogP contribution < -0.4 is 27.4 Å². The molecule has 3 unspecified atom stereocenters. The van der Waals surface area contributed by atoms with Gasteiger partial charge in [-0.15, -0.1) is 0 Å². The van der Waals surface area contributed by atoms with Crippen molar-refractivity contribution in [2.24, 2.45) is 28.3 Å². The van der Waals surface area contributed by atoms with Gasteiger partial charge in [-0.05, 0) is 54.6 Å². The number of ether oxygens (including phenoxy) is 2. The minimum Gasteiger partial charge on any atom is -0.469 e. The second-order valence-corrected chi connectivity index (χ2v) is 11.1. The summed E-state index contributed by atoms with van der Waals surface area (Å²) in [4.78, 5) is 67.6. The van der Waals surface area contributed by atoms with E-state index in [0.717, 1.165) is 5.69 Å². The monoisotopic (exact) mass is 689 g/mol. The SMILES string of the molecule is COC(=O)CCN(C(=O)c1ccc2nc(CNc3ccc(/C(N)=N/OC(=O)C(N)C(C)COC(=O)C(N)CO)cc3)[nH]c2c1)c1ccccn1. The maximum absolute atomic E-state index is 13.5. The molecule has 17 nitrogen and oxygen atoms in total. The number of carbonyl (C=O) groups excluding carboxylic acids is 4. The first-order valence-electron chi connectivity index (χ1n) is 15.5. The molecule has 264 valence electrons. The number of amides is 1. The van der Waals surface area contributed by atoms with Crippen LogP contribution in [-0.4, -0.2) is 88.7 Å². The standard InChI is InChI=1S/C33H39N9O8/c1-19(18-49-32(46)23(34)17-43)29(35)33(47)50-41-30(36)20-6-9-22(10-7-20)38-16-26-39-24-11-8-21(15-25(24)40-26)31(45)42(14-12-28(44)48-2)27-5-3-4-13-37-27/h3-11,13,15,19,23,29,38,43H,12,14,16-18,34-35H2,1-2H3,(H2,36,41)(H,39,40). The molecule has 9 N–H and O–H groups in total. The number of hydrogen-bond acceptors (Lipinski definition) is 14. The van der Waals surface area contributed by atoms with Gasteiger partial charge in [-0.25, -0.2) is 14.8 Å². The minimum absolute atomic E-state index is 0.00808. The number of aliphatic hydroxyl groups excluding tert-OH is 1. The molecule has 0 aliphatic heterocycles. The topological polar surface area (TPSA) is 263 Å². The largest absolute Gasteiger partial charge is 0.469 e. The summed E-state index contributed by atoms with van der Waals surface area (Å²) in [7, 11) is 1.29. The third-order valence-corrected chi connectivity index (χ3v) is 7.46. The predicted octanol–water partition coefficient (Wildman–Crippen LogP) is 0.770. The van der Waals surface area contributed by atoms with Gasteiger partial charge in [0.15, 0.2) is 5.84 Å². The number of benzene rings is 2. The number of carbonyl (C=O) groups is 4. The number of nitrogens with zero attached hydrogens (tertiary/aromatic N) is 4. The van der Waals surface area contributed by atoms with Crippen molar-refractivity contribution in [2.45, 2.75) is 32.0 Å². The Hall–Kier alpha value is -5.91. The predicted molar refractivity (Wildman–Crippen MR) is 182 cm³/mol. The van der Waals surface area contributed by atoms with Gasteiger partial charge in [-0.3, -0.25) is 19.3 Å². The van der Waals surface area contributed by atoms with Gasteiger partial charge >= 0.3 is 17.9 Å². The highest BCUT2D eigenvalue weighted by molar-refractivity contribution is 6.07. The number of fused-ring (bicyclic) bond motifs is 1. The van der Waals surface area contributed by atoms with Gasteiger partial charge in [0.25, 0.3) is 5.91 Å². The number of H-pyrrole nitrogens is 1. The van der Waals surface area contributed by atoms with E-state index in [2.05, 4.69) is 25.4 Å². The summed E-state index contributed by atoms with van der Waals surface area (Å²) in [6.45, 7) is 1.21. The number of imidazole rings is 1. The fraction of sp³-hybridized carbons (Fsp3) is 0.303. The van der Waals surface area contributed by atoms with Crippen molar-refractivity contribution in [1.29, 1.82) is 0 Å². The van der Waals surface area contributed by atoms with Gasteiger partial charge in [0.05, 0.1) is 44.3 Å². The van der Waals surface area contributed by atoms with E-state index in [4.69, 9.17) is 36.6 Å². The third kappa shape index (κ3) is 9.82. The molecule has 17 heteroatoms. The number of rotatable bonds is 16. The lowest BCUT2D eigenvalue weighted by atomic mass is 10.0. The maximum Gasteiger partial charge on any atom is 0.352 e. The van der Waals surface area contributed by atoms with E-state index < -0.39 is 42.5 Å². The molecule has 2 heterocycles. The molecule has 0 bridgehead atoms. The van der Waals surface area contributed by atoms with Crippen molar-refractivity contribution >= 4 is 52.2 Å². The molecule has 4 aromatic rings. The molecule has 0 spiro atoms. The molecule has 0 aliphatic carbocycles. The molecule has 50 heavy (non-hydrogen) atoms. The number of methoxy groups -OCH3 is 1. The van der Waals surface area contributed by atoms with E-state index >= 15 is 0 Å². The van der Waals surface area contributed by atoms with Crippen LogP contribution in [0.2, 0.25) is 0 Å². The molecular formula is C33H39N9O8. The molecule has 1 amide bonds. The van der Waals surface area contributed by atoms with Gasteiger partial charge < -0.3 is 46.9 Å². The van der Waals surface area contributed by atoms with Crippen LogP contribution in [0, 0.1) is 5.92 Å². The first kappa shape index (κ1) is 36.9. The summed E-state index contributed by atoms with van der Waals surface area (Å²) in [6, 6.07) is 14.8. The molecule has 0 radical (unpaired) electrons. The summed E-state index contributed by atoms with van der Waals surface area (Å²) in [5.74, 6) is -2.14. The summed E-state index contributed by atoms with van der Waals surface area (Å²) >= 11 is 0. The first-order chi connectivity index (χ1) is 24.0. The Bertz CT molecular complexity index is 1810. The summed E-state index contributed by atoms with van der Waals surface area (Å²) < 4.78 is 9.68. The number of aromatic nitrogens is 3. The average Bonchev–Trinajstić information content (AvgIpc) is 3.57. The number of esters is 2. The number of aliphatic hydroxyl groups is 1. The summed E-state index contributed by atoms with van der Waals surface area (Å²) in [5.41, 5.74) is 20.2. The Balaban J connectivity index is 1.33. The highest BCUT2D eigenvalue weighted by Gasteiger charge is 2.26. The van der Waals surface area contributed by atoms with Crippen molar-refractivity contribution in [3.8, 4) is 0 Å². The third-order valence-electron chi connectivity index (χ3n) is 7.46. The highest BCUT2D eigenvalue weighted by atomic mass is 16.7. The number of pyridine rings is 1.